The van der Waals surface area contributed by atoms with Gasteiger partial charge < -0.3 is 39.4 Å². The molecule has 1 heterocycles. The summed E-state index contributed by atoms with van der Waals surface area (Å²) in [5, 5.41) is 40.3. The summed E-state index contributed by atoms with van der Waals surface area (Å²) in [6, 6.07) is 0. The molecule has 1 aliphatic heterocycles. The van der Waals surface area contributed by atoms with E-state index in [4.69, 9.17) is 18.9 Å². The highest BCUT2D eigenvalue weighted by atomic mass is 16.7. The molecule has 68 heavy (non-hydrogen) atoms. The highest BCUT2D eigenvalue weighted by molar-refractivity contribution is 5.69. The summed E-state index contributed by atoms with van der Waals surface area (Å²) in [6.45, 7) is 4.54. The molecule has 0 aliphatic carbocycles. The predicted molar refractivity (Wildman–Crippen MR) is 284 cm³/mol. The number of unbranched alkanes of at least 4 members (excludes halogenated alkanes) is 28. The first-order chi connectivity index (χ1) is 33.4. The van der Waals surface area contributed by atoms with Crippen molar-refractivity contribution < 1.29 is 44.2 Å². The van der Waals surface area contributed by atoms with Crippen LogP contribution in [0.1, 0.15) is 245 Å². The monoisotopic (exact) mass is 959 g/mol. The number of rotatable bonds is 49. The van der Waals surface area contributed by atoms with E-state index in [0.29, 0.717) is 13.0 Å². The third-order valence-corrected chi connectivity index (χ3v) is 12.9. The second kappa shape index (κ2) is 49.9. The molecular weight excluding hydrogens is 853 g/mol. The summed E-state index contributed by atoms with van der Waals surface area (Å²) in [5.74, 6) is -0.325. The number of hydrogen-bond donors (Lipinski definition) is 4. The third-order valence-electron chi connectivity index (χ3n) is 12.9. The second-order valence-corrected chi connectivity index (χ2v) is 19.4. The maximum atomic E-state index is 12.9. The van der Waals surface area contributed by atoms with E-state index in [9.17, 15) is 25.2 Å². The molecule has 0 aromatic rings. The SMILES string of the molecule is CCCCCCC/C=C\C/C=C\C/C=C\CCCCCCCCC(=O)OC(COCCCCCCCCCCCCCC/C=C\C/C=C\CCCCCCC)COC1OC(CO)C(O)C(O)C1O. The van der Waals surface area contributed by atoms with Gasteiger partial charge in [0.1, 0.15) is 30.5 Å². The van der Waals surface area contributed by atoms with Crippen LogP contribution < -0.4 is 0 Å². The Bertz CT molecular complexity index is 1230. The lowest BCUT2D eigenvalue weighted by Gasteiger charge is -2.39. The largest absolute Gasteiger partial charge is 0.457 e. The van der Waals surface area contributed by atoms with Crippen molar-refractivity contribution in [2.75, 3.05) is 26.4 Å². The highest BCUT2D eigenvalue weighted by Crippen LogP contribution is 2.23. The van der Waals surface area contributed by atoms with E-state index in [1.165, 1.54) is 161 Å². The average molecular weight is 959 g/mol. The Labute approximate surface area is 417 Å². The molecule has 396 valence electrons. The van der Waals surface area contributed by atoms with E-state index in [-0.39, 0.29) is 19.2 Å². The topological polar surface area (TPSA) is 135 Å². The second-order valence-electron chi connectivity index (χ2n) is 19.4. The van der Waals surface area contributed by atoms with Gasteiger partial charge in [0.15, 0.2) is 6.29 Å². The highest BCUT2D eigenvalue weighted by Gasteiger charge is 2.44. The maximum absolute atomic E-state index is 12.9. The van der Waals surface area contributed by atoms with Gasteiger partial charge in [0.05, 0.1) is 19.8 Å². The molecule has 0 aromatic carbocycles. The van der Waals surface area contributed by atoms with Crippen LogP contribution in [0.5, 0.6) is 0 Å². The van der Waals surface area contributed by atoms with Crippen LogP contribution in [0.4, 0.5) is 0 Å². The molecule has 6 atom stereocenters. The van der Waals surface area contributed by atoms with E-state index in [1.54, 1.807) is 0 Å². The number of carbonyl (C=O) groups is 1. The Morgan fingerprint density at radius 2 is 0.853 bits per heavy atom. The molecule has 6 unspecified atom stereocenters. The molecule has 0 spiro atoms. The Morgan fingerprint density at radius 1 is 0.471 bits per heavy atom. The number of aliphatic hydroxyl groups is 4. The molecule has 4 N–H and O–H groups in total. The van der Waals surface area contributed by atoms with Crippen LogP contribution in [-0.2, 0) is 23.7 Å². The molecule has 1 aliphatic rings. The van der Waals surface area contributed by atoms with Crippen molar-refractivity contribution in [3.63, 3.8) is 0 Å². The normalized spacial score (nSPS) is 19.5. The predicted octanol–water partition coefficient (Wildman–Crippen LogP) is 14.6. The van der Waals surface area contributed by atoms with Gasteiger partial charge in [-0.15, -0.1) is 0 Å². The third kappa shape index (κ3) is 39.6. The summed E-state index contributed by atoms with van der Waals surface area (Å²) >= 11 is 0. The van der Waals surface area contributed by atoms with Crippen LogP contribution in [0.15, 0.2) is 60.8 Å². The van der Waals surface area contributed by atoms with E-state index in [1.807, 2.05) is 0 Å². The Balaban J connectivity index is 2.18. The van der Waals surface area contributed by atoms with Crippen molar-refractivity contribution in [2.24, 2.45) is 0 Å². The van der Waals surface area contributed by atoms with E-state index in [0.717, 1.165) is 64.2 Å². The lowest BCUT2D eigenvalue weighted by Crippen LogP contribution is -2.59. The van der Waals surface area contributed by atoms with Crippen molar-refractivity contribution in [1.29, 1.82) is 0 Å². The fraction of sp³-hybridized carbons (Fsp3) is 0.814. The Hall–Kier alpha value is -2.11. The average Bonchev–Trinajstić information content (AvgIpc) is 3.34. The smallest absolute Gasteiger partial charge is 0.306 e. The molecular formula is C59H106O9. The van der Waals surface area contributed by atoms with E-state index >= 15 is 0 Å². The Morgan fingerprint density at radius 3 is 1.28 bits per heavy atom. The van der Waals surface area contributed by atoms with Gasteiger partial charge in [-0.1, -0.05) is 216 Å². The van der Waals surface area contributed by atoms with Gasteiger partial charge in [0.2, 0.25) is 0 Å². The van der Waals surface area contributed by atoms with Gasteiger partial charge in [-0.3, -0.25) is 4.79 Å². The van der Waals surface area contributed by atoms with Crippen LogP contribution >= 0.6 is 0 Å². The van der Waals surface area contributed by atoms with Crippen LogP contribution in [0.3, 0.4) is 0 Å². The molecule has 1 rings (SSSR count). The number of hydrogen-bond acceptors (Lipinski definition) is 9. The number of aliphatic hydroxyl groups excluding tert-OH is 4. The summed E-state index contributed by atoms with van der Waals surface area (Å²) in [5.41, 5.74) is 0. The number of carbonyl (C=O) groups excluding carboxylic acids is 1. The minimum absolute atomic E-state index is 0.120. The minimum atomic E-state index is -1.54. The van der Waals surface area contributed by atoms with Gasteiger partial charge in [0, 0.05) is 13.0 Å². The molecule has 0 bridgehead atoms. The van der Waals surface area contributed by atoms with Gasteiger partial charge in [-0.25, -0.2) is 0 Å². The summed E-state index contributed by atoms with van der Waals surface area (Å²) < 4.78 is 22.9. The summed E-state index contributed by atoms with van der Waals surface area (Å²) in [4.78, 5) is 12.9. The molecule has 0 radical (unpaired) electrons. The summed E-state index contributed by atoms with van der Waals surface area (Å²) in [7, 11) is 0. The van der Waals surface area contributed by atoms with E-state index in [2.05, 4.69) is 74.6 Å². The number of ether oxygens (including phenoxy) is 4. The maximum Gasteiger partial charge on any atom is 0.306 e. The zero-order chi connectivity index (χ0) is 49.2. The molecule has 1 fully saturated rings. The van der Waals surface area contributed by atoms with Crippen LogP contribution in [0.2, 0.25) is 0 Å². The van der Waals surface area contributed by atoms with Crippen molar-refractivity contribution >= 4 is 5.97 Å². The Kier molecular flexibility index (Phi) is 46.9. The zero-order valence-corrected chi connectivity index (χ0v) is 43.9. The minimum Gasteiger partial charge on any atom is -0.457 e. The first-order valence-electron chi connectivity index (χ1n) is 28.4. The fourth-order valence-electron chi connectivity index (χ4n) is 8.47. The summed E-state index contributed by atoms with van der Waals surface area (Å²) in [6.07, 6.45) is 58.3. The first kappa shape index (κ1) is 63.9. The van der Waals surface area contributed by atoms with Crippen molar-refractivity contribution in [3.05, 3.63) is 60.8 Å². The van der Waals surface area contributed by atoms with Crippen molar-refractivity contribution in [1.82, 2.24) is 0 Å². The standard InChI is InChI=1S/C59H106O9/c1-3-5-7-9-11-13-15-17-19-21-23-25-26-27-29-31-33-35-37-39-41-43-45-47-49-65-51-53(52-66-59-58(64)57(63)56(62)54(50-60)68-59)67-55(61)48-46-44-42-40-38-36-34-32-30-28-24-22-20-18-16-14-12-10-8-6-4-2/h15-18,21-24,30,32,53-54,56-60,62-64H,3-14,19-20,25-29,31,33-52H2,1-2H3/b17-15-,18-16-,23-21-,24-22-,32-30-. The number of esters is 1. The van der Waals surface area contributed by atoms with E-state index < -0.39 is 43.4 Å². The zero-order valence-electron chi connectivity index (χ0n) is 43.9. The number of allylic oxidation sites excluding steroid dienone is 10. The lowest BCUT2D eigenvalue weighted by molar-refractivity contribution is -0.305. The van der Waals surface area contributed by atoms with Gasteiger partial charge in [-0.2, -0.15) is 0 Å². The van der Waals surface area contributed by atoms with Gasteiger partial charge in [0.25, 0.3) is 0 Å². The fourth-order valence-corrected chi connectivity index (χ4v) is 8.47. The molecule has 1 saturated heterocycles. The molecule has 0 saturated carbocycles. The van der Waals surface area contributed by atoms with Crippen LogP contribution in [0.25, 0.3) is 0 Å². The van der Waals surface area contributed by atoms with Crippen LogP contribution in [-0.4, -0.2) is 89.6 Å². The molecule has 9 nitrogen and oxygen atoms in total. The quantitative estimate of drug-likeness (QED) is 0.0267. The molecule has 0 aromatic heterocycles. The lowest BCUT2D eigenvalue weighted by atomic mass is 9.99. The molecule has 9 heteroatoms. The molecule has 0 amide bonds. The van der Waals surface area contributed by atoms with Crippen LogP contribution in [0, 0.1) is 0 Å². The van der Waals surface area contributed by atoms with Gasteiger partial charge in [-0.05, 0) is 83.5 Å². The first-order valence-corrected chi connectivity index (χ1v) is 28.4. The van der Waals surface area contributed by atoms with Gasteiger partial charge >= 0.3 is 5.97 Å². The van der Waals surface area contributed by atoms with Crippen molar-refractivity contribution in [2.45, 2.75) is 282 Å². The van der Waals surface area contributed by atoms with Crippen molar-refractivity contribution in [3.8, 4) is 0 Å².